The fraction of sp³-hybridized carbons (Fsp3) is 0.556. The SMILES string of the molecule is CC(C)(O)[C@@H]1CCCN1C(=O)C1CN(c2ccccc2C#N)C1. The van der Waals surface area contributed by atoms with Crippen LogP contribution in [0.4, 0.5) is 5.69 Å². The lowest BCUT2D eigenvalue weighted by atomic mass is 9.93. The van der Waals surface area contributed by atoms with Gasteiger partial charge in [0.15, 0.2) is 0 Å². The molecule has 1 aromatic carbocycles. The van der Waals surface area contributed by atoms with E-state index >= 15 is 0 Å². The second kappa shape index (κ2) is 5.86. The Hall–Kier alpha value is -2.06. The highest BCUT2D eigenvalue weighted by Crippen LogP contribution is 2.32. The van der Waals surface area contributed by atoms with Gasteiger partial charge in [0.2, 0.25) is 5.91 Å². The molecule has 0 aliphatic carbocycles. The van der Waals surface area contributed by atoms with Crippen molar-refractivity contribution in [3.8, 4) is 6.07 Å². The highest BCUT2D eigenvalue weighted by atomic mass is 16.3. The maximum Gasteiger partial charge on any atom is 0.229 e. The van der Waals surface area contributed by atoms with Crippen LogP contribution in [0.1, 0.15) is 32.3 Å². The Morgan fingerprint density at radius 1 is 1.35 bits per heavy atom. The summed E-state index contributed by atoms with van der Waals surface area (Å²) in [5.41, 5.74) is 0.691. The second-order valence-electron chi connectivity index (χ2n) is 7.07. The number of carbonyl (C=O) groups excluding carboxylic acids is 1. The maximum absolute atomic E-state index is 12.7. The zero-order valence-corrected chi connectivity index (χ0v) is 13.7. The molecule has 3 rings (SSSR count). The average Bonchev–Trinajstić information content (AvgIpc) is 2.95. The molecule has 23 heavy (non-hydrogen) atoms. The summed E-state index contributed by atoms with van der Waals surface area (Å²) in [4.78, 5) is 16.7. The van der Waals surface area contributed by atoms with Crippen LogP contribution < -0.4 is 4.90 Å². The molecular formula is C18H23N3O2. The summed E-state index contributed by atoms with van der Waals surface area (Å²) >= 11 is 0. The first kappa shape index (κ1) is 15.8. The maximum atomic E-state index is 12.7. The number of amides is 1. The van der Waals surface area contributed by atoms with Crippen molar-refractivity contribution in [2.75, 3.05) is 24.5 Å². The number of likely N-dealkylation sites (tertiary alicyclic amines) is 1. The van der Waals surface area contributed by atoms with E-state index in [1.165, 1.54) is 0 Å². The third-order valence-electron chi connectivity index (χ3n) is 4.95. The van der Waals surface area contributed by atoms with E-state index in [2.05, 4.69) is 11.0 Å². The van der Waals surface area contributed by atoms with Crippen LogP contribution in [-0.4, -0.2) is 47.2 Å². The molecule has 1 aromatic rings. The predicted octanol–water partition coefficient (Wildman–Crippen LogP) is 1.76. The van der Waals surface area contributed by atoms with Gasteiger partial charge in [-0.3, -0.25) is 4.79 Å². The predicted molar refractivity (Wildman–Crippen MR) is 87.9 cm³/mol. The quantitative estimate of drug-likeness (QED) is 0.923. The van der Waals surface area contributed by atoms with Gasteiger partial charge in [0, 0.05) is 19.6 Å². The largest absolute Gasteiger partial charge is 0.388 e. The van der Waals surface area contributed by atoms with E-state index < -0.39 is 5.60 Å². The molecule has 2 heterocycles. The molecule has 2 aliphatic heterocycles. The molecule has 2 fully saturated rings. The van der Waals surface area contributed by atoms with Gasteiger partial charge in [0.1, 0.15) is 6.07 Å². The first-order valence-electron chi connectivity index (χ1n) is 8.18. The van der Waals surface area contributed by atoms with Crippen LogP contribution in [0.5, 0.6) is 0 Å². The monoisotopic (exact) mass is 313 g/mol. The van der Waals surface area contributed by atoms with Gasteiger partial charge < -0.3 is 14.9 Å². The van der Waals surface area contributed by atoms with E-state index in [1.807, 2.05) is 23.1 Å². The lowest BCUT2D eigenvalue weighted by Crippen LogP contribution is -2.58. The normalized spacial score (nSPS) is 21.9. The first-order valence-corrected chi connectivity index (χ1v) is 8.18. The number of para-hydroxylation sites is 1. The summed E-state index contributed by atoms with van der Waals surface area (Å²) in [5.74, 6) is 0.102. The highest BCUT2D eigenvalue weighted by Gasteiger charge is 2.43. The van der Waals surface area contributed by atoms with Crippen molar-refractivity contribution in [3.63, 3.8) is 0 Å². The van der Waals surface area contributed by atoms with Crippen LogP contribution >= 0.6 is 0 Å². The number of hydrogen-bond acceptors (Lipinski definition) is 4. The molecule has 1 N–H and O–H groups in total. The van der Waals surface area contributed by atoms with E-state index in [0.717, 1.165) is 25.1 Å². The fourth-order valence-corrected chi connectivity index (χ4v) is 3.67. The van der Waals surface area contributed by atoms with Crippen LogP contribution in [0.25, 0.3) is 0 Å². The summed E-state index contributed by atoms with van der Waals surface area (Å²) in [6.07, 6.45) is 1.82. The molecule has 5 heteroatoms. The Labute approximate surface area is 137 Å². The molecule has 0 unspecified atom stereocenters. The molecule has 5 nitrogen and oxygen atoms in total. The van der Waals surface area contributed by atoms with Crippen molar-refractivity contribution >= 4 is 11.6 Å². The number of carbonyl (C=O) groups is 1. The van der Waals surface area contributed by atoms with E-state index in [1.54, 1.807) is 19.9 Å². The molecular weight excluding hydrogens is 290 g/mol. The molecule has 0 aromatic heterocycles. The summed E-state index contributed by atoms with van der Waals surface area (Å²) < 4.78 is 0. The van der Waals surface area contributed by atoms with E-state index in [4.69, 9.17) is 0 Å². The lowest BCUT2D eigenvalue weighted by Gasteiger charge is -2.44. The Bertz CT molecular complexity index is 638. The van der Waals surface area contributed by atoms with Crippen LogP contribution in [-0.2, 0) is 4.79 Å². The smallest absolute Gasteiger partial charge is 0.229 e. The topological polar surface area (TPSA) is 67.6 Å². The number of nitrogens with zero attached hydrogens (tertiary/aromatic N) is 3. The molecule has 2 saturated heterocycles. The minimum absolute atomic E-state index is 0.0373. The molecule has 122 valence electrons. The van der Waals surface area contributed by atoms with Crippen LogP contribution in [0.3, 0.4) is 0 Å². The van der Waals surface area contributed by atoms with Crippen molar-refractivity contribution in [3.05, 3.63) is 29.8 Å². The second-order valence-corrected chi connectivity index (χ2v) is 7.07. The van der Waals surface area contributed by atoms with Crippen LogP contribution in [0.2, 0.25) is 0 Å². The van der Waals surface area contributed by atoms with Crippen molar-refractivity contribution in [2.45, 2.75) is 38.3 Å². The molecule has 0 radical (unpaired) electrons. The Kier molecular flexibility index (Phi) is 4.03. The minimum atomic E-state index is -0.858. The van der Waals surface area contributed by atoms with E-state index in [-0.39, 0.29) is 17.9 Å². The summed E-state index contributed by atoms with van der Waals surface area (Å²) in [6, 6.07) is 9.60. The lowest BCUT2D eigenvalue weighted by molar-refractivity contribution is -0.141. The number of rotatable bonds is 3. The molecule has 0 saturated carbocycles. The highest BCUT2D eigenvalue weighted by molar-refractivity contribution is 5.83. The van der Waals surface area contributed by atoms with Gasteiger partial charge in [-0.1, -0.05) is 12.1 Å². The van der Waals surface area contributed by atoms with Crippen molar-refractivity contribution in [2.24, 2.45) is 5.92 Å². The van der Waals surface area contributed by atoms with Crippen LogP contribution in [0, 0.1) is 17.2 Å². The average molecular weight is 313 g/mol. The third kappa shape index (κ3) is 2.91. The number of benzene rings is 1. The first-order chi connectivity index (χ1) is 10.9. The zero-order valence-electron chi connectivity index (χ0n) is 13.7. The fourth-order valence-electron chi connectivity index (χ4n) is 3.67. The summed E-state index contributed by atoms with van der Waals surface area (Å²) in [7, 11) is 0. The van der Waals surface area contributed by atoms with Gasteiger partial charge in [-0.25, -0.2) is 0 Å². The number of hydrogen-bond donors (Lipinski definition) is 1. The minimum Gasteiger partial charge on any atom is -0.388 e. The Morgan fingerprint density at radius 3 is 2.70 bits per heavy atom. The van der Waals surface area contributed by atoms with Gasteiger partial charge in [0.25, 0.3) is 0 Å². The van der Waals surface area contributed by atoms with Gasteiger partial charge in [-0.15, -0.1) is 0 Å². The number of nitriles is 1. The molecule has 0 spiro atoms. The van der Waals surface area contributed by atoms with Gasteiger partial charge in [-0.2, -0.15) is 5.26 Å². The van der Waals surface area contributed by atoms with Crippen LogP contribution in [0.15, 0.2) is 24.3 Å². The third-order valence-corrected chi connectivity index (χ3v) is 4.95. The van der Waals surface area contributed by atoms with Gasteiger partial charge in [0.05, 0.1) is 28.8 Å². The number of anilines is 1. The molecule has 0 bridgehead atoms. The van der Waals surface area contributed by atoms with Gasteiger partial charge >= 0.3 is 0 Å². The van der Waals surface area contributed by atoms with Gasteiger partial charge in [-0.05, 0) is 38.8 Å². The summed E-state index contributed by atoms with van der Waals surface area (Å²) in [5, 5.41) is 19.4. The summed E-state index contributed by atoms with van der Waals surface area (Å²) in [6.45, 7) is 5.58. The van der Waals surface area contributed by atoms with Crippen molar-refractivity contribution in [1.82, 2.24) is 4.90 Å². The molecule has 1 atom stereocenters. The van der Waals surface area contributed by atoms with E-state index in [0.29, 0.717) is 18.7 Å². The standard InChI is InChI=1S/C18H23N3O2/c1-18(2,23)16-8-5-9-21(16)17(22)14-11-20(12-14)15-7-4-3-6-13(15)10-19/h3-4,6-7,14,16,23H,5,8-9,11-12H2,1-2H3/t16-/m0/s1. The Balaban J connectivity index is 1.65. The molecule has 2 aliphatic rings. The van der Waals surface area contributed by atoms with Crippen molar-refractivity contribution < 1.29 is 9.90 Å². The zero-order chi connectivity index (χ0) is 16.6. The Morgan fingerprint density at radius 2 is 2.04 bits per heavy atom. The van der Waals surface area contributed by atoms with Crippen molar-refractivity contribution in [1.29, 1.82) is 5.26 Å². The van der Waals surface area contributed by atoms with E-state index in [9.17, 15) is 15.2 Å². The molecule has 1 amide bonds. The number of aliphatic hydroxyl groups is 1.